The molecule has 0 aromatic heterocycles. The molecule has 36 heavy (non-hydrogen) atoms. The van der Waals surface area contributed by atoms with Gasteiger partial charge in [0, 0.05) is 31.1 Å². The zero-order valence-electron chi connectivity index (χ0n) is 21.6. The van der Waals surface area contributed by atoms with Crippen molar-refractivity contribution in [2.75, 3.05) is 30.2 Å². The summed E-state index contributed by atoms with van der Waals surface area (Å²) in [6.07, 6.45) is 2.70. The van der Waals surface area contributed by atoms with Crippen LogP contribution < -0.4 is 9.62 Å². The summed E-state index contributed by atoms with van der Waals surface area (Å²) in [6, 6.07) is 15.8. The second-order valence-corrected chi connectivity index (χ2v) is 11.6. The number of carbonyl (C=O) groups excluding carboxylic acids is 2. The Morgan fingerprint density at radius 3 is 2.19 bits per heavy atom. The molecule has 1 atom stereocenters. The van der Waals surface area contributed by atoms with Gasteiger partial charge in [-0.3, -0.25) is 13.9 Å². The number of hydrogen-bond acceptors (Lipinski definition) is 4. The first kappa shape index (κ1) is 29.6. The van der Waals surface area contributed by atoms with E-state index >= 15 is 0 Å². The van der Waals surface area contributed by atoms with Gasteiger partial charge in [0.15, 0.2) is 0 Å². The maximum absolute atomic E-state index is 13.4. The van der Waals surface area contributed by atoms with Crippen LogP contribution in [0.15, 0.2) is 54.6 Å². The summed E-state index contributed by atoms with van der Waals surface area (Å²) < 4.78 is 26.1. The molecule has 0 aliphatic heterocycles. The van der Waals surface area contributed by atoms with E-state index in [1.54, 1.807) is 29.2 Å². The Morgan fingerprint density at radius 2 is 1.64 bits per heavy atom. The smallest absolute Gasteiger partial charge is 0.242 e. The number of nitrogens with one attached hydrogen (secondary N) is 1. The van der Waals surface area contributed by atoms with Crippen LogP contribution in [0.4, 0.5) is 5.69 Å². The summed E-state index contributed by atoms with van der Waals surface area (Å²) in [7, 11) is -3.54. The number of sulfonamides is 1. The fourth-order valence-electron chi connectivity index (χ4n) is 3.93. The van der Waals surface area contributed by atoms with Gasteiger partial charge >= 0.3 is 0 Å². The molecule has 2 rings (SSSR count). The molecule has 9 heteroatoms. The minimum Gasteiger partial charge on any atom is -0.354 e. The molecule has 0 fully saturated rings. The molecule has 0 aliphatic rings. The van der Waals surface area contributed by atoms with Gasteiger partial charge in [0.05, 0.1) is 11.9 Å². The molecular formula is C27H38ClN3O4S. The summed E-state index contributed by atoms with van der Waals surface area (Å²) >= 11 is 5.94. The summed E-state index contributed by atoms with van der Waals surface area (Å²) in [5, 5.41) is 3.47. The van der Waals surface area contributed by atoms with Gasteiger partial charge in [-0.05, 0) is 55.0 Å². The molecule has 0 saturated heterocycles. The third kappa shape index (κ3) is 9.47. The van der Waals surface area contributed by atoms with E-state index in [-0.39, 0.29) is 24.8 Å². The predicted octanol–water partition coefficient (Wildman–Crippen LogP) is 4.51. The van der Waals surface area contributed by atoms with Crippen LogP contribution in [0.2, 0.25) is 5.02 Å². The predicted molar refractivity (Wildman–Crippen MR) is 147 cm³/mol. The lowest BCUT2D eigenvalue weighted by Crippen LogP contribution is -2.50. The van der Waals surface area contributed by atoms with Gasteiger partial charge in [0.1, 0.15) is 6.04 Å². The van der Waals surface area contributed by atoms with Crippen molar-refractivity contribution in [2.24, 2.45) is 5.92 Å². The van der Waals surface area contributed by atoms with Crippen LogP contribution in [0.5, 0.6) is 0 Å². The van der Waals surface area contributed by atoms with E-state index in [0.717, 1.165) is 11.8 Å². The van der Waals surface area contributed by atoms with Crippen LogP contribution in [0.3, 0.4) is 0 Å². The second kappa shape index (κ2) is 14.2. The van der Waals surface area contributed by atoms with Crippen LogP contribution >= 0.6 is 11.6 Å². The molecule has 7 nitrogen and oxygen atoms in total. The SMILES string of the molecule is CC[C@@H](C(=O)NCC(C)C)N(CCc1ccccc1)C(=O)CCCN(c1ccc(Cl)cc1)S(C)(=O)=O. The average Bonchev–Trinajstić information content (AvgIpc) is 2.83. The Balaban J connectivity index is 2.14. The van der Waals surface area contributed by atoms with E-state index in [1.165, 1.54) is 4.31 Å². The standard InChI is InChI=1S/C27H38ClN3O4S/c1-5-25(27(33)29-20-21(2)3)30(19-17-22-10-7-6-8-11-22)26(32)12-9-18-31(36(4,34)35)24-15-13-23(28)14-16-24/h6-8,10-11,13-16,21,25H,5,9,12,17-20H2,1-4H3,(H,29,33)/t25-/m0/s1. The summed E-state index contributed by atoms with van der Waals surface area (Å²) in [4.78, 5) is 28.0. The fourth-order valence-corrected chi connectivity index (χ4v) is 5.02. The summed E-state index contributed by atoms with van der Waals surface area (Å²) in [6.45, 7) is 7.04. The summed E-state index contributed by atoms with van der Waals surface area (Å²) in [5.74, 6) is -0.0247. The molecule has 0 saturated carbocycles. The quantitative estimate of drug-likeness (QED) is 0.385. The van der Waals surface area contributed by atoms with Crippen LogP contribution in [0.1, 0.15) is 45.6 Å². The topological polar surface area (TPSA) is 86.8 Å². The Kier molecular flexibility index (Phi) is 11.7. The first-order valence-electron chi connectivity index (χ1n) is 12.4. The van der Waals surface area contributed by atoms with Crippen LogP contribution in [-0.2, 0) is 26.0 Å². The number of benzene rings is 2. The van der Waals surface area contributed by atoms with E-state index in [1.807, 2.05) is 51.1 Å². The van der Waals surface area contributed by atoms with Crippen molar-refractivity contribution < 1.29 is 18.0 Å². The lowest BCUT2D eigenvalue weighted by molar-refractivity contribution is -0.140. The van der Waals surface area contributed by atoms with Crippen molar-refractivity contribution >= 4 is 39.1 Å². The Labute approximate surface area is 220 Å². The van der Waals surface area contributed by atoms with Crippen molar-refractivity contribution in [1.82, 2.24) is 10.2 Å². The van der Waals surface area contributed by atoms with E-state index in [4.69, 9.17) is 11.6 Å². The van der Waals surface area contributed by atoms with Crippen molar-refractivity contribution in [1.29, 1.82) is 0 Å². The molecule has 0 aliphatic carbocycles. The maximum Gasteiger partial charge on any atom is 0.242 e. The Morgan fingerprint density at radius 1 is 1.00 bits per heavy atom. The highest BCUT2D eigenvalue weighted by Gasteiger charge is 2.28. The van der Waals surface area contributed by atoms with Gasteiger partial charge in [-0.2, -0.15) is 0 Å². The van der Waals surface area contributed by atoms with Gasteiger partial charge in [-0.15, -0.1) is 0 Å². The zero-order chi connectivity index (χ0) is 26.7. The molecule has 2 aromatic carbocycles. The monoisotopic (exact) mass is 535 g/mol. The fraction of sp³-hybridized carbons (Fsp3) is 0.481. The van der Waals surface area contributed by atoms with Gasteiger partial charge < -0.3 is 10.2 Å². The molecule has 198 valence electrons. The molecule has 0 heterocycles. The van der Waals surface area contributed by atoms with Crippen molar-refractivity contribution in [3.8, 4) is 0 Å². The lowest BCUT2D eigenvalue weighted by Gasteiger charge is -2.31. The molecule has 2 amide bonds. The lowest BCUT2D eigenvalue weighted by atomic mass is 10.1. The van der Waals surface area contributed by atoms with Gasteiger partial charge in [-0.25, -0.2) is 8.42 Å². The molecule has 0 bridgehead atoms. The van der Waals surface area contributed by atoms with Crippen molar-refractivity contribution in [3.63, 3.8) is 0 Å². The minimum atomic E-state index is -3.54. The van der Waals surface area contributed by atoms with E-state index < -0.39 is 16.1 Å². The number of carbonyl (C=O) groups is 2. The van der Waals surface area contributed by atoms with E-state index in [9.17, 15) is 18.0 Å². The number of anilines is 1. The van der Waals surface area contributed by atoms with Gasteiger partial charge in [-0.1, -0.05) is 62.7 Å². The highest BCUT2D eigenvalue weighted by molar-refractivity contribution is 7.92. The molecular weight excluding hydrogens is 498 g/mol. The minimum absolute atomic E-state index is 0.127. The number of hydrogen-bond donors (Lipinski definition) is 1. The first-order chi connectivity index (χ1) is 17.0. The molecule has 1 N–H and O–H groups in total. The van der Waals surface area contributed by atoms with E-state index in [2.05, 4.69) is 5.32 Å². The van der Waals surface area contributed by atoms with Gasteiger partial charge in [0.25, 0.3) is 0 Å². The molecule has 0 radical (unpaired) electrons. The number of amides is 2. The highest BCUT2D eigenvalue weighted by Crippen LogP contribution is 2.21. The molecule has 2 aromatic rings. The number of halogens is 1. The largest absolute Gasteiger partial charge is 0.354 e. The van der Waals surface area contributed by atoms with Gasteiger partial charge in [0.2, 0.25) is 21.8 Å². The Hall–Kier alpha value is -2.58. The van der Waals surface area contributed by atoms with Crippen LogP contribution in [0, 0.1) is 5.92 Å². The van der Waals surface area contributed by atoms with Crippen molar-refractivity contribution in [2.45, 2.75) is 52.5 Å². The highest BCUT2D eigenvalue weighted by atomic mass is 35.5. The Bertz CT molecular complexity index is 1080. The third-order valence-corrected chi connectivity index (χ3v) is 7.27. The number of rotatable bonds is 14. The number of nitrogens with zero attached hydrogens (tertiary/aromatic N) is 2. The zero-order valence-corrected chi connectivity index (χ0v) is 23.2. The third-order valence-electron chi connectivity index (χ3n) is 5.82. The van der Waals surface area contributed by atoms with Crippen molar-refractivity contribution in [3.05, 3.63) is 65.2 Å². The molecule has 0 unspecified atom stereocenters. The van der Waals surface area contributed by atoms with Crippen LogP contribution in [-0.4, -0.2) is 57.1 Å². The first-order valence-corrected chi connectivity index (χ1v) is 14.6. The van der Waals surface area contributed by atoms with Crippen LogP contribution in [0.25, 0.3) is 0 Å². The normalized spacial score (nSPS) is 12.3. The van der Waals surface area contributed by atoms with E-state index in [0.29, 0.717) is 49.0 Å². The maximum atomic E-state index is 13.4. The summed E-state index contributed by atoms with van der Waals surface area (Å²) in [5.41, 5.74) is 1.58. The average molecular weight is 536 g/mol. The molecule has 0 spiro atoms. The second-order valence-electron chi connectivity index (χ2n) is 9.30.